The third-order valence-corrected chi connectivity index (χ3v) is 4.17. The van der Waals surface area contributed by atoms with Crippen LogP contribution in [0.15, 0.2) is 24.4 Å². The summed E-state index contributed by atoms with van der Waals surface area (Å²) in [6.07, 6.45) is 3.56. The van der Waals surface area contributed by atoms with Gasteiger partial charge in [0.25, 0.3) is 5.91 Å². The van der Waals surface area contributed by atoms with Crippen molar-refractivity contribution in [3.05, 3.63) is 35.7 Å². The molecule has 0 aromatic carbocycles. The van der Waals surface area contributed by atoms with E-state index in [0.29, 0.717) is 22.9 Å². The molecule has 6 nitrogen and oxygen atoms in total. The SMILES string of the molecule is CC(C)CCN(CCC(C)C)C(=O)c1ccn2nc(C(=O)O)cc2c1. The van der Waals surface area contributed by atoms with Crippen molar-refractivity contribution in [3.8, 4) is 0 Å². The van der Waals surface area contributed by atoms with Gasteiger partial charge in [-0.25, -0.2) is 9.31 Å². The average molecular weight is 345 g/mol. The van der Waals surface area contributed by atoms with E-state index in [0.717, 1.165) is 25.9 Å². The Kier molecular flexibility index (Phi) is 6.17. The summed E-state index contributed by atoms with van der Waals surface area (Å²) in [5, 5.41) is 13.0. The molecule has 0 spiro atoms. The van der Waals surface area contributed by atoms with Crippen LogP contribution in [0, 0.1) is 11.8 Å². The molecule has 6 heteroatoms. The third-order valence-electron chi connectivity index (χ3n) is 4.17. The number of carbonyl (C=O) groups excluding carboxylic acids is 1. The number of carboxylic acid groups (broad SMARTS) is 1. The van der Waals surface area contributed by atoms with E-state index in [2.05, 4.69) is 32.8 Å². The second kappa shape index (κ2) is 8.14. The van der Waals surface area contributed by atoms with Crippen molar-refractivity contribution in [3.63, 3.8) is 0 Å². The third kappa shape index (κ3) is 5.05. The lowest BCUT2D eigenvalue weighted by Crippen LogP contribution is -2.34. The van der Waals surface area contributed by atoms with Crippen molar-refractivity contribution >= 4 is 17.4 Å². The van der Waals surface area contributed by atoms with Gasteiger partial charge in [0.1, 0.15) is 0 Å². The molecule has 0 aliphatic rings. The molecule has 0 saturated heterocycles. The minimum Gasteiger partial charge on any atom is -0.476 e. The Morgan fingerprint density at radius 1 is 1.12 bits per heavy atom. The minimum atomic E-state index is -1.08. The van der Waals surface area contributed by atoms with Gasteiger partial charge in [-0.1, -0.05) is 27.7 Å². The normalized spacial score (nSPS) is 11.4. The molecule has 1 N–H and O–H groups in total. The molecule has 2 rings (SSSR count). The molecule has 0 unspecified atom stereocenters. The Morgan fingerprint density at radius 3 is 2.24 bits per heavy atom. The molecule has 1 amide bonds. The molecule has 0 radical (unpaired) electrons. The highest BCUT2D eigenvalue weighted by Crippen LogP contribution is 2.14. The highest BCUT2D eigenvalue weighted by molar-refractivity contribution is 5.95. The standard InChI is InChI=1S/C19H27N3O3/c1-13(2)5-8-21(9-6-14(3)4)18(23)15-7-10-22-16(11-15)12-17(20-22)19(24)25/h7,10-14H,5-6,8-9H2,1-4H3,(H,24,25). The van der Waals surface area contributed by atoms with E-state index in [-0.39, 0.29) is 11.6 Å². The Labute approximate surface area is 148 Å². The summed E-state index contributed by atoms with van der Waals surface area (Å²) in [6.45, 7) is 10.1. The maximum atomic E-state index is 12.9. The van der Waals surface area contributed by atoms with E-state index in [1.165, 1.54) is 10.6 Å². The number of hydrogen-bond acceptors (Lipinski definition) is 3. The number of nitrogens with zero attached hydrogens (tertiary/aromatic N) is 3. The lowest BCUT2D eigenvalue weighted by atomic mass is 10.1. The summed E-state index contributed by atoms with van der Waals surface area (Å²) >= 11 is 0. The van der Waals surface area contributed by atoms with Gasteiger partial charge in [0.15, 0.2) is 5.69 Å². The molecule has 0 fully saturated rings. The number of rotatable bonds is 8. The highest BCUT2D eigenvalue weighted by Gasteiger charge is 2.18. The second-order valence-electron chi connectivity index (χ2n) is 7.28. The number of amides is 1. The van der Waals surface area contributed by atoms with Gasteiger partial charge in [-0.2, -0.15) is 5.10 Å². The van der Waals surface area contributed by atoms with Gasteiger partial charge in [-0.3, -0.25) is 4.79 Å². The van der Waals surface area contributed by atoms with E-state index in [1.807, 2.05) is 4.90 Å². The fraction of sp³-hybridized carbons (Fsp3) is 0.526. The molecule has 0 saturated carbocycles. The molecule has 25 heavy (non-hydrogen) atoms. The maximum Gasteiger partial charge on any atom is 0.356 e. The number of hydrogen-bond donors (Lipinski definition) is 1. The maximum absolute atomic E-state index is 12.9. The monoisotopic (exact) mass is 345 g/mol. The zero-order valence-electron chi connectivity index (χ0n) is 15.4. The Morgan fingerprint density at radius 2 is 1.72 bits per heavy atom. The fourth-order valence-corrected chi connectivity index (χ4v) is 2.56. The predicted octanol–water partition coefficient (Wildman–Crippen LogP) is 3.57. The van der Waals surface area contributed by atoms with Crippen LogP contribution in [-0.2, 0) is 0 Å². The lowest BCUT2D eigenvalue weighted by Gasteiger charge is -2.24. The highest BCUT2D eigenvalue weighted by atomic mass is 16.4. The van der Waals surface area contributed by atoms with Crippen molar-refractivity contribution in [1.82, 2.24) is 14.5 Å². The topological polar surface area (TPSA) is 74.9 Å². The van der Waals surface area contributed by atoms with Crippen LogP contribution in [0.2, 0.25) is 0 Å². The van der Waals surface area contributed by atoms with Crippen LogP contribution in [0.4, 0.5) is 0 Å². The summed E-state index contributed by atoms with van der Waals surface area (Å²) < 4.78 is 1.48. The summed E-state index contributed by atoms with van der Waals surface area (Å²) in [6, 6.07) is 4.89. The summed E-state index contributed by atoms with van der Waals surface area (Å²) in [5.41, 5.74) is 1.15. The van der Waals surface area contributed by atoms with Crippen LogP contribution in [0.3, 0.4) is 0 Å². The first-order chi connectivity index (χ1) is 11.8. The number of carboxylic acids is 1. The van der Waals surface area contributed by atoms with Crippen LogP contribution in [0.1, 0.15) is 61.4 Å². The van der Waals surface area contributed by atoms with Crippen LogP contribution < -0.4 is 0 Å². The van der Waals surface area contributed by atoms with E-state index >= 15 is 0 Å². The van der Waals surface area contributed by atoms with Gasteiger partial charge < -0.3 is 10.0 Å². The molecule has 0 bridgehead atoms. The lowest BCUT2D eigenvalue weighted by molar-refractivity contribution is 0.0688. The van der Waals surface area contributed by atoms with Crippen LogP contribution in [0.25, 0.3) is 5.52 Å². The minimum absolute atomic E-state index is 0.0122. The van der Waals surface area contributed by atoms with E-state index in [1.54, 1.807) is 18.3 Å². The Bertz CT molecular complexity index is 737. The fourth-order valence-electron chi connectivity index (χ4n) is 2.56. The first kappa shape index (κ1) is 19.0. The Balaban J connectivity index is 2.23. The molecule has 2 aromatic heterocycles. The van der Waals surface area contributed by atoms with Crippen molar-refractivity contribution in [2.75, 3.05) is 13.1 Å². The van der Waals surface area contributed by atoms with Gasteiger partial charge in [-0.15, -0.1) is 0 Å². The first-order valence-electron chi connectivity index (χ1n) is 8.80. The molecule has 0 aliphatic carbocycles. The molecule has 2 aromatic rings. The number of carbonyl (C=O) groups is 2. The van der Waals surface area contributed by atoms with Crippen LogP contribution >= 0.6 is 0 Å². The molecular weight excluding hydrogens is 318 g/mol. The summed E-state index contributed by atoms with van der Waals surface area (Å²) in [7, 11) is 0. The van der Waals surface area contributed by atoms with Gasteiger partial charge in [0.05, 0.1) is 5.52 Å². The van der Waals surface area contributed by atoms with Crippen molar-refractivity contribution in [1.29, 1.82) is 0 Å². The van der Waals surface area contributed by atoms with E-state index in [9.17, 15) is 9.59 Å². The number of aromatic nitrogens is 2. The first-order valence-corrected chi connectivity index (χ1v) is 8.80. The van der Waals surface area contributed by atoms with Gasteiger partial charge in [0.2, 0.25) is 0 Å². The van der Waals surface area contributed by atoms with Gasteiger partial charge in [0, 0.05) is 24.8 Å². The Hall–Kier alpha value is -2.37. The predicted molar refractivity (Wildman–Crippen MR) is 97.0 cm³/mol. The number of pyridine rings is 1. The van der Waals surface area contributed by atoms with E-state index < -0.39 is 5.97 Å². The van der Waals surface area contributed by atoms with Crippen molar-refractivity contribution in [2.45, 2.75) is 40.5 Å². The molecule has 136 valence electrons. The molecule has 0 aliphatic heterocycles. The average Bonchev–Trinajstić information content (AvgIpc) is 2.97. The summed E-state index contributed by atoms with van der Waals surface area (Å²) in [4.78, 5) is 25.9. The van der Waals surface area contributed by atoms with Crippen molar-refractivity contribution < 1.29 is 14.7 Å². The number of aromatic carboxylic acids is 1. The summed E-state index contributed by atoms with van der Waals surface area (Å²) in [5.74, 6) is -0.0245. The van der Waals surface area contributed by atoms with Crippen LogP contribution in [-0.4, -0.2) is 44.6 Å². The van der Waals surface area contributed by atoms with Gasteiger partial charge >= 0.3 is 5.97 Å². The van der Waals surface area contributed by atoms with E-state index in [4.69, 9.17) is 5.11 Å². The second-order valence-corrected chi connectivity index (χ2v) is 7.28. The number of fused-ring (bicyclic) bond motifs is 1. The van der Waals surface area contributed by atoms with Crippen molar-refractivity contribution in [2.24, 2.45) is 11.8 Å². The quantitative estimate of drug-likeness (QED) is 0.794. The zero-order valence-corrected chi connectivity index (χ0v) is 15.4. The smallest absolute Gasteiger partial charge is 0.356 e. The zero-order chi connectivity index (χ0) is 18.6. The largest absolute Gasteiger partial charge is 0.476 e. The van der Waals surface area contributed by atoms with Gasteiger partial charge in [-0.05, 0) is 42.9 Å². The molecular formula is C19H27N3O3. The molecule has 0 atom stereocenters. The van der Waals surface area contributed by atoms with Crippen LogP contribution in [0.5, 0.6) is 0 Å². The molecule has 2 heterocycles.